The van der Waals surface area contributed by atoms with Gasteiger partial charge in [-0.3, -0.25) is 5.32 Å². The summed E-state index contributed by atoms with van der Waals surface area (Å²) in [5, 5.41) is 12.8. The Balaban J connectivity index is 2.56. The smallest absolute Gasteiger partial charge is 0.416 e. The number of carbonyl (C=O) groups excluding carboxylic acids is 1. The van der Waals surface area contributed by atoms with Crippen molar-refractivity contribution in [2.24, 2.45) is 0 Å². The molecule has 0 aliphatic carbocycles. The van der Waals surface area contributed by atoms with E-state index in [9.17, 15) is 9.90 Å². The van der Waals surface area contributed by atoms with Crippen LogP contribution in [0, 0.1) is 0 Å². The van der Waals surface area contributed by atoms with E-state index in [4.69, 9.17) is 0 Å². The lowest BCUT2D eigenvalue weighted by molar-refractivity contribution is 0.197. The van der Waals surface area contributed by atoms with Gasteiger partial charge in [0.05, 0.1) is 12.9 Å². The molecule has 0 aromatic heterocycles. The number of nitrogens with one attached hydrogen (secondary N) is 1. The van der Waals surface area contributed by atoms with Crippen molar-refractivity contribution in [2.45, 2.75) is 6.42 Å². The fourth-order valence-corrected chi connectivity index (χ4v) is 1.10. The predicted molar refractivity (Wildman–Crippen MR) is 56.0 cm³/mol. The molecule has 0 spiro atoms. The first kappa shape index (κ1) is 11.3. The number of hydrogen-bond donors (Lipinski definition) is 1. The molecule has 1 amide bonds. The molecule has 1 rings (SSSR count). The normalized spacial score (nSPS) is 9.40. The van der Waals surface area contributed by atoms with E-state index in [1.54, 1.807) is 24.3 Å². The van der Waals surface area contributed by atoms with Gasteiger partial charge in [-0.1, -0.05) is 18.7 Å². The molecule has 1 aromatic rings. The zero-order chi connectivity index (χ0) is 11.1. The molecule has 1 aromatic carbocycles. The van der Waals surface area contributed by atoms with Crippen LogP contribution in [0.25, 0.3) is 0 Å². The standard InChI is InChI=1S/C11H12NO3/c1-2-15-11(14)12-10-5-3-9(4-6-10)7-8-13/h2-6H,1,7-8H2,(H,12,14). The Hall–Kier alpha value is -1.81. The quantitative estimate of drug-likeness (QED) is 0.768. The molecule has 0 saturated heterocycles. The number of hydrogen-bond acceptors (Lipinski definition) is 2. The van der Waals surface area contributed by atoms with Crippen LogP contribution in [0.2, 0.25) is 0 Å². The van der Waals surface area contributed by atoms with Crippen LogP contribution in [0.4, 0.5) is 10.5 Å². The van der Waals surface area contributed by atoms with Crippen LogP contribution in [0.3, 0.4) is 0 Å². The second-order valence-electron chi connectivity index (χ2n) is 2.85. The third kappa shape index (κ3) is 3.83. The molecule has 79 valence electrons. The zero-order valence-corrected chi connectivity index (χ0v) is 8.23. The monoisotopic (exact) mass is 206 g/mol. The minimum Gasteiger partial charge on any atom is -0.419 e. The van der Waals surface area contributed by atoms with Crippen molar-refractivity contribution in [2.75, 3.05) is 11.9 Å². The Bertz CT molecular complexity index is 332. The summed E-state index contributed by atoms with van der Waals surface area (Å²) < 4.78 is 4.49. The second-order valence-corrected chi connectivity index (χ2v) is 2.85. The minimum absolute atomic E-state index is 0.134. The Morgan fingerprint density at radius 2 is 2.07 bits per heavy atom. The number of anilines is 1. The van der Waals surface area contributed by atoms with Crippen molar-refractivity contribution in [3.05, 3.63) is 42.7 Å². The van der Waals surface area contributed by atoms with Crippen molar-refractivity contribution in [1.82, 2.24) is 0 Å². The Kier molecular flexibility index (Phi) is 4.37. The molecular formula is C11H12NO3. The molecule has 1 N–H and O–H groups in total. The predicted octanol–water partition coefficient (Wildman–Crippen LogP) is 2.35. The van der Waals surface area contributed by atoms with Gasteiger partial charge in [0.1, 0.15) is 0 Å². The first-order chi connectivity index (χ1) is 7.26. The summed E-state index contributed by atoms with van der Waals surface area (Å²) >= 11 is 0. The molecule has 0 fully saturated rings. The summed E-state index contributed by atoms with van der Waals surface area (Å²) in [5.74, 6) is 0. The topological polar surface area (TPSA) is 58.2 Å². The molecule has 4 nitrogen and oxygen atoms in total. The molecule has 4 heteroatoms. The molecule has 0 bridgehead atoms. The summed E-state index contributed by atoms with van der Waals surface area (Å²) in [6.07, 6.45) is 0.972. The van der Waals surface area contributed by atoms with E-state index in [0.717, 1.165) is 11.8 Å². The van der Waals surface area contributed by atoms with Crippen LogP contribution in [-0.4, -0.2) is 12.7 Å². The van der Waals surface area contributed by atoms with Gasteiger partial charge in [0.15, 0.2) is 0 Å². The number of rotatable bonds is 4. The molecule has 1 radical (unpaired) electrons. The van der Waals surface area contributed by atoms with E-state index >= 15 is 0 Å². The van der Waals surface area contributed by atoms with E-state index in [1.807, 2.05) is 0 Å². The average molecular weight is 206 g/mol. The molecule has 0 atom stereocenters. The lowest BCUT2D eigenvalue weighted by Gasteiger charge is -2.04. The molecule has 0 heterocycles. The summed E-state index contributed by atoms with van der Waals surface area (Å²) in [7, 11) is 0. The molecule has 0 aliphatic rings. The van der Waals surface area contributed by atoms with Gasteiger partial charge in [0, 0.05) is 5.69 Å². The van der Waals surface area contributed by atoms with E-state index in [2.05, 4.69) is 16.6 Å². The summed E-state index contributed by atoms with van der Waals surface area (Å²) in [5.41, 5.74) is 1.57. The van der Waals surface area contributed by atoms with Crippen molar-refractivity contribution in [1.29, 1.82) is 0 Å². The SMILES string of the molecule is C=COC(=O)Nc1ccc(CC[O])cc1. The van der Waals surface area contributed by atoms with Crippen LogP contribution < -0.4 is 5.32 Å². The van der Waals surface area contributed by atoms with Gasteiger partial charge < -0.3 is 4.74 Å². The maximum Gasteiger partial charge on any atom is 0.416 e. The average Bonchev–Trinajstić information content (AvgIpc) is 2.22. The van der Waals surface area contributed by atoms with Crippen molar-refractivity contribution in [3.63, 3.8) is 0 Å². The van der Waals surface area contributed by atoms with Gasteiger partial charge in [0.2, 0.25) is 0 Å². The third-order valence-electron chi connectivity index (χ3n) is 1.78. The zero-order valence-electron chi connectivity index (χ0n) is 8.23. The molecular weight excluding hydrogens is 194 g/mol. The van der Waals surface area contributed by atoms with Crippen molar-refractivity contribution < 1.29 is 14.6 Å². The lowest BCUT2D eigenvalue weighted by atomic mass is 10.1. The molecule has 15 heavy (non-hydrogen) atoms. The van der Waals surface area contributed by atoms with Crippen molar-refractivity contribution in [3.8, 4) is 0 Å². The second kappa shape index (κ2) is 5.82. The van der Waals surface area contributed by atoms with Crippen molar-refractivity contribution >= 4 is 11.8 Å². The molecule has 0 unspecified atom stereocenters. The summed E-state index contributed by atoms with van der Waals surface area (Å²) in [6.45, 7) is 3.13. The van der Waals surface area contributed by atoms with Gasteiger partial charge in [-0.25, -0.2) is 9.90 Å². The highest BCUT2D eigenvalue weighted by molar-refractivity contribution is 5.84. The van der Waals surface area contributed by atoms with Crippen LogP contribution in [-0.2, 0) is 16.3 Å². The van der Waals surface area contributed by atoms with Gasteiger partial charge in [-0.2, -0.15) is 0 Å². The third-order valence-corrected chi connectivity index (χ3v) is 1.78. The van der Waals surface area contributed by atoms with Crippen LogP contribution in [0.15, 0.2) is 37.1 Å². The Morgan fingerprint density at radius 1 is 1.40 bits per heavy atom. The first-order valence-electron chi connectivity index (χ1n) is 4.52. The first-order valence-corrected chi connectivity index (χ1v) is 4.52. The van der Waals surface area contributed by atoms with Crippen LogP contribution >= 0.6 is 0 Å². The number of benzene rings is 1. The highest BCUT2D eigenvalue weighted by Crippen LogP contribution is 2.10. The Labute approximate surface area is 88.2 Å². The maximum atomic E-state index is 11.0. The fourth-order valence-electron chi connectivity index (χ4n) is 1.10. The minimum atomic E-state index is -0.582. The van der Waals surface area contributed by atoms with E-state index in [0.29, 0.717) is 12.1 Å². The number of amides is 1. The van der Waals surface area contributed by atoms with Crippen LogP contribution in [0.1, 0.15) is 5.56 Å². The van der Waals surface area contributed by atoms with E-state index in [1.165, 1.54) is 0 Å². The lowest BCUT2D eigenvalue weighted by Crippen LogP contribution is -2.10. The molecule has 0 saturated carbocycles. The highest BCUT2D eigenvalue weighted by Gasteiger charge is 2.00. The largest absolute Gasteiger partial charge is 0.419 e. The fraction of sp³-hybridized carbons (Fsp3) is 0.182. The highest BCUT2D eigenvalue weighted by atomic mass is 16.5. The van der Waals surface area contributed by atoms with Gasteiger partial charge in [0.25, 0.3) is 0 Å². The van der Waals surface area contributed by atoms with Gasteiger partial charge in [-0.05, 0) is 24.1 Å². The number of ether oxygens (including phenoxy) is 1. The number of carbonyl (C=O) groups is 1. The van der Waals surface area contributed by atoms with Gasteiger partial charge in [-0.15, -0.1) is 0 Å². The maximum absolute atomic E-state index is 11.0. The van der Waals surface area contributed by atoms with Gasteiger partial charge >= 0.3 is 6.09 Å². The van der Waals surface area contributed by atoms with E-state index < -0.39 is 6.09 Å². The van der Waals surface area contributed by atoms with E-state index in [-0.39, 0.29) is 6.61 Å². The Morgan fingerprint density at radius 3 is 2.60 bits per heavy atom. The summed E-state index contributed by atoms with van der Waals surface area (Å²) in [6, 6.07) is 7.02. The van der Waals surface area contributed by atoms with Crippen LogP contribution in [0.5, 0.6) is 0 Å². The molecule has 0 aliphatic heterocycles. The summed E-state index contributed by atoms with van der Waals surface area (Å²) in [4.78, 5) is 11.0.